The van der Waals surface area contributed by atoms with Crippen molar-refractivity contribution in [3.8, 4) is 5.75 Å². The number of ketones is 3. The summed E-state index contributed by atoms with van der Waals surface area (Å²) in [6.45, 7) is 32.6. The Kier molecular flexibility index (Phi) is 19.9. The topological polar surface area (TPSA) is 134 Å². The zero-order valence-corrected chi connectivity index (χ0v) is 43.8. The number of ether oxygens (including phenoxy) is 2. The Bertz CT molecular complexity index is 1740. The Hall–Kier alpha value is -3.31. The second kappa shape index (κ2) is 23.1. The van der Waals surface area contributed by atoms with E-state index in [1.54, 1.807) is 21.9 Å². The Balaban J connectivity index is 1.45. The largest absolute Gasteiger partial charge is 0.494 e. The highest BCUT2D eigenvalue weighted by atomic mass is 16.6. The number of rotatable bonds is 23. The summed E-state index contributed by atoms with van der Waals surface area (Å²) >= 11 is 0. The average molecular weight is 909 g/mol. The fraction of sp³-hybridized carbons (Fsp3) is 0.796. The summed E-state index contributed by atoms with van der Waals surface area (Å²) in [5, 5.41) is 7.39. The molecule has 370 valence electrons. The van der Waals surface area contributed by atoms with E-state index in [0.717, 1.165) is 83.5 Å². The standard InChI is InChI=1S/C54H92N4O7/c1-48(2,3)43(59)42-30-27-34-58(42)44(60)40-28-26-29-41(38-40)64-36-24-21-19-23-32-53(55-51(10,11)12,45(61)49(4,5)6)31-22-18-16-17-20-25-37-65-47(63)57-35-33-54(39-57,56-52(13,14)15)46(62)50(7,8)9/h26,28-29,38,42,55-56H,16-25,27,30-37,39H2,1-15H3/t42-,53?,54-/m0/s1. The lowest BCUT2D eigenvalue weighted by Gasteiger charge is -2.43. The van der Waals surface area contributed by atoms with Gasteiger partial charge in [-0.25, -0.2) is 4.79 Å². The van der Waals surface area contributed by atoms with Crippen LogP contribution < -0.4 is 15.4 Å². The highest BCUT2D eigenvalue weighted by molar-refractivity contribution is 6.00. The molecule has 0 saturated carbocycles. The van der Waals surface area contributed by atoms with Crippen molar-refractivity contribution >= 4 is 29.4 Å². The van der Waals surface area contributed by atoms with Gasteiger partial charge in [-0.3, -0.25) is 24.5 Å². The molecule has 0 radical (unpaired) electrons. The van der Waals surface area contributed by atoms with E-state index in [9.17, 15) is 24.0 Å². The monoisotopic (exact) mass is 909 g/mol. The van der Waals surface area contributed by atoms with Gasteiger partial charge in [-0.2, -0.15) is 0 Å². The summed E-state index contributed by atoms with van der Waals surface area (Å²) in [5.41, 5.74) is -2.87. The van der Waals surface area contributed by atoms with Crippen molar-refractivity contribution in [2.45, 2.75) is 228 Å². The van der Waals surface area contributed by atoms with Crippen LogP contribution in [0.25, 0.3) is 0 Å². The van der Waals surface area contributed by atoms with E-state index < -0.39 is 27.3 Å². The molecule has 2 heterocycles. The zero-order valence-electron chi connectivity index (χ0n) is 43.8. The van der Waals surface area contributed by atoms with Gasteiger partial charge >= 0.3 is 6.09 Å². The first kappa shape index (κ1) is 56.0. The van der Waals surface area contributed by atoms with Gasteiger partial charge in [-0.15, -0.1) is 0 Å². The van der Waals surface area contributed by atoms with Crippen molar-refractivity contribution in [1.29, 1.82) is 0 Å². The fourth-order valence-corrected chi connectivity index (χ4v) is 9.94. The Labute approximate surface area is 395 Å². The number of carbonyl (C=O) groups excluding carboxylic acids is 5. The van der Waals surface area contributed by atoms with E-state index >= 15 is 0 Å². The highest BCUT2D eigenvalue weighted by Crippen LogP contribution is 2.36. The number of carbonyl (C=O) groups is 5. The molecule has 2 saturated heterocycles. The van der Waals surface area contributed by atoms with Gasteiger partial charge in [-0.1, -0.05) is 120 Å². The molecule has 1 aromatic carbocycles. The molecular weight excluding hydrogens is 817 g/mol. The fourth-order valence-electron chi connectivity index (χ4n) is 9.94. The third-order valence-electron chi connectivity index (χ3n) is 12.6. The number of hydrogen-bond acceptors (Lipinski definition) is 9. The van der Waals surface area contributed by atoms with Crippen LogP contribution >= 0.6 is 0 Å². The SMILES string of the molecule is CC(C)(C)NC(CCCCCCCCOC(=O)N1CC[C@@](NC(C)(C)C)(C(=O)C(C)(C)C)C1)(CCCCCCOc1cccc(C(=O)N2CCC[C@H]2C(=O)C(C)(C)C)c1)C(=O)C(C)(C)C. The summed E-state index contributed by atoms with van der Waals surface area (Å²) < 4.78 is 11.8. The predicted molar refractivity (Wildman–Crippen MR) is 264 cm³/mol. The first-order valence-corrected chi connectivity index (χ1v) is 25.1. The molecule has 2 aliphatic heterocycles. The molecule has 1 unspecified atom stereocenters. The molecule has 11 heteroatoms. The summed E-state index contributed by atoms with van der Waals surface area (Å²) in [5.74, 6) is 1.05. The maximum absolute atomic E-state index is 14.3. The van der Waals surface area contributed by atoms with E-state index in [1.807, 2.05) is 74.4 Å². The summed E-state index contributed by atoms with van der Waals surface area (Å²) in [6, 6.07) is 6.95. The van der Waals surface area contributed by atoms with Crippen LogP contribution in [0, 0.1) is 16.2 Å². The molecule has 3 rings (SSSR count). The van der Waals surface area contributed by atoms with Crippen LogP contribution in [-0.2, 0) is 19.1 Å². The van der Waals surface area contributed by atoms with Crippen molar-refractivity contribution in [2.24, 2.45) is 16.2 Å². The van der Waals surface area contributed by atoms with Gasteiger partial charge in [0.25, 0.3) is 5.91 Å². The Morgan fingerprint density at radius 3 is 1.78 bits per heavy atom. The van der Waals surface area contributed by atoms with E-state index in [4.69, 9.17) is 9.47 Å². The van der Waals surface area contributed by atoms with Gasteiger partial charge in [0.15, 0.2) is 17.3 Å². The maximum Gasteiger partial charge on any atom is 0.409 e. The molecular formula is C54H92N4O7. The van der Waals surface area contributed by atoms with Crippen molar-refractivity contribution < 1.29 is 33.4 Å². The normalized spacial score (nSPS) is 19.6. The summed E-state index contributed by atoms with van der Waals surface area (Å²) in [7, 11) is 0. The lowest BCUT2D eigenvalue weighted by atomic mass is 9.72. The zero-order chi connectivity index (χ0) is 49.1. The number of nitrogens with one attached hydrogen (secondary N) is 2. The van der Waals surface area contributed by atoms with Gasteiger partial charge in [0.2, 0.25) is 0 Å². The van der Waals surface area contributed by atoms with Gasteiger partial charge in [0.1, 0.15) is 5.75 Å². The number of benzene rings is 1. The number of hydrogen-bond donors (Lipinski definition) is 2. The molecule has 3 atom stereocenters. The highest BCUT2D eigenvalue weighted by Gasteiger charge is 2.51. The third kappa shape index (κ3) is 17.4. The van der Waals surface area contributed by atoms with Crippen LogP contribution in [0.2, 0.25) is 0 Å². The smallest absolute Gasteiger partial charge is 0.409 e. The van der Waals surface area contributed by atoms with Gasteiger partial charge in [-0.05, 0) is 105 Å². The molecule has 1 aromatic rings. The molecule has 0 aliphatic carbocycles. The van der Waals surface area contributed by atoms with E-state index in [-0.39, 0.29) is 46.5 Å². The summed E-state index contributed by atoms with van der Waals surface area (Å²) in [6.07, 6.45) is 12.9. The molecule has 11 nitrogen and oxygen atoms in total. The van der Waals surface area contributed by atoms with Crippen LogP contribution in [0.1, 0.15) is 211 Å². The van der Waals surface area contributed by atoms with Gasteiger partial charge in [0.05, 0.1) is 30.3 Å². The van der Waals surface area contributed by atoms with Crippen LogP contribution in [-0.4, -0.2) is 100 Å². The molecule has 2 aliphatic rings. The number of amides is 2. The third-order valence-corrected chi connectivity index (χ3v) is 12.6. The van der Waals surface area contributed by atoms with Crippen LogP contribution in [0.5, 0.6) is 5.75 Å². The minimum atomic E-state index is -0.780. The number of Topliss-reactive ketones (excluding diaryl/α,β-unsaturated/α-hetero) is 3. The van der Waals surface area contributed by atoms with Gasteiger partial charge in [0, 0.05) is 52.5 Å². The number of likely N-dealkylation sites (tertiary alicyclic amines) is 2. The van der Waals surface area contributed by atoms with Crippen molar-refractivity contribution in [2.75, 3.05) is 32.8 Å². The predicted octanol–water partition coefficient (Wildman–Crippen LogP) is 11.3. The van der Waals surface area contributed by atoms with E-state index in [1.165, 1.54) is 0 Å². The average Bonchev–Trinajstić information content (AvgIpc) is 3.85. The number of nitrogens with zero attached hydrogens (tertiary/aromatic N) is 2. The van der Waals surface area contributed by atoms with Crippen molar-refractivity contribution in [3.05, 3.63) is 29.8 Å². The minimum absolute atomic E-state index is 0.110. The molecule has 2 fully saturated rings. The summed E-state index contributed by atoms with van der Waals surface area (Å²) in [4.78, 5) is 71.0. The second-order valence-corrected chi connectivity index (χ2v) is 24.5. The van der Waals surface area contributed by atoms with E-state index in [2.05, 4.69) is 52.2 Å². The Morgan fingerprint density at radius 2 is 1.25 bits per heavy atom. The Morgan fingerprint density at radius 1 is 0.677 bits per heavy atom. The van der Waals surface area contributed by atoms with Crippen LogP contribution in [0.4, 0.5) is 4.79 Å². The van der Waals surface area contributed by atoms with Crippen molar-refractivity contribution in [3.63, 3.8) is 0 Å². The maximum atomic E-state index is 14.3. The molecule has 2 amide bonds. The lowest BCUT2D eigenvalue weighted by Crippen LogP contribution is -2.63. The number of unbranched alkanes of at least 4 members (excludes halogenated alkanes) is 8. The quantitative estimate of drug-likeness (QED) is 0.103. The van der Waals surface area contributed by atoms with Gasteiger partial charge < -0.3 is 24.6 Å². The minimum Gasteiger partial charge on any atom is -0.494 e. The molecule has 2 N–H and O–H groups in total. The van der Waals surface area contributed by atoms with Crippen LogP contribution in [0.15, 0.2) is 24.3 Å². The molecule has 65 heavy (non-hydrogen) atoms. The van der Waals surface area contributed by atoms with E-state index in [0.29, 0.717) is 57.0 Å². The first-order valence-electron chi connectivity index (χ1n) is 25.1. The first-order chi connectivity index (χ1) is 29.9. The van der Waals surface area contributed by atoms with Crippen molar-refractivity contribution in [1.82, 2.24) is 20.4 Å². The molecule has 0 bridgehead atoms. The molecule has 0 aromatic heterocycles. The van der Waals surface area contributed by atoms with Crippen LogP contribution in [0.3, 0.4) is 0 Å². The lowest BCUT2D eigenvalue weighted by molar-refractivity contribution is -0.135. The second-order valence-electron chi connectivity index (χ2n) is 24.5. The molecule has 0 spiro atoms.